The van der Waals surface area contributed by atoms with Crippen molar-refractivity contribution in [2.45, 2.75) is 13.8 Å². The summed E-state index contributed by atoms with van der Waals surface area (Å²) in [6.45, 7) is 2.95. The molecule has 3 nitrogen and oxygen atoms in total. The number of hydrogen-bond acceptors (Lipinski definition) is 3. The Morgan fingerprint density at radius 1 is 1.12 bits per heavy atom. The molecular weight excluding hydrogens is 214 g/mol. The monoisotopic (exact) mass is 222 g/mol. The van der Waals surface area contributed by atoms with Gasteiger partial charge in [-0.25, -0.2) is 18.7 Å². The Morgan fingerprint density at radius 3 is 2.12 bits per heavy atom. The van der Waals surface area contributed by atoms with Crippen molar-refractivity contribution in [2.24, 2.45) is 0 Å². The van der Waals surface area contributed by atoms with E-state index < -0.39 is 11.6 Å². The van der Waals surface area contributed by atoms with E-state index in [0.29, 0.717) is 5.69 Å². The Bertz CT molecular complexity index is 596. The summed E-state index contributed by atoms with van der Waals surface area (Å²) in [4.78, 5) is 19.2. The normalized spacial score (nSPS) is 10.8. The summed E-state index contributed by atoms with van der Waals surface area (Å²) < 4.78 is 25.9. The lowest BCUT2D eigenvalue weighted by Gasteiger charge is -2.03. The number of aryl methyl sites for hydroxylation is 1. The van der Waals surface area contributed by atoms with Gasteiger partial charge in [-0.05, 0) is 6.92 Å². The fourth-order valence-electron chi connectivity index (χ4n) is 1.47. The highest BCUT2D eigenvalue weighted by Crippen LogP contribution is 2.17. The van der Waals surface area contributed by atoms with Crippen LogP contribution < -0.4 is 0 Å². The number of halogens is 2. The maximum atomic E-state index is 13.0. The highest BCUT2D eigenvalue weighted by atomic mass is 19.2. The lowest BCUT2D eigenvalue weighted by atomic mass is 10.2. The number of nitrogens with zero attached hydrogens (tertiary/aromatic N) is 2. The minimum Gasteiger partial charge on any atom is -0.293 e. The van der Waals surface area contributed by atoms with Crippen LogP contribution in [-0.4, -0.2) is 15.8 Å². The molecule has 2 rings (SSSR count). The second kappa shape index (κ2) is 3.59. The van der Waals surface area contributed by atoms with Crippen LogP contribution in [0.5, 0.6) is 0 Å². The number of rotatable bonds is 1. The smallest absolute Gasteiger partial charge is 0.179 e. The zero-order valence-corrected chi connectivity index (χ0v) is 8.71. The highest BCUT2D eigenvalue weighted by Gasteiger charge is 2.11. The second-order valence-corrected chi connectivity index (χ2v) is 3.47. The standard InChI is InChI=1S/C11H8F2N2O/c1-5-11(6(2)16)15-10-4-8(13)7(12)3-9(10)14-5/h3-4H,1-2H3. The van der Waals surface area contributed by atoms with E-state index in [4.69, 9.17) is 0 Å². The number of ketones is 1. The topological polar surface area (TPSA) is 42.9 Å². The molecule has 82 valence electrons. The van der Waals surface area contributed by atoms with E-state index >= 15 is 0 Å². The molecule has 2 aromatic rings. The first-order valence-corrected chi connectivity index (χ1v) is 4.63. The number of carbonyl (C=O) groups is 1. The molecule has 0 amide bonds. The molecule has 5 heteroatoms. The average Bonchev–Trinajstić information content (AvgIpc) is 2.19. The molecule has 1 heterocycles. The van der Waals surface area contributed by atoms with Gasteiger partial charge in [-0.3, -0.25) is 4.79 Å². The van der Waals surface area contributed by atoms with Crippen LogP contribution in [0, 0.1) is 18.6 Å². The third-order valence-corrected chi connectivity index (χ3v) is 2.21. The van der Waals surface area contributed by atoms with Crippen LogP contribution in [0.25, 0.3) is 11.0 Å². The fourth-order valence-corrected chi connectivity index (χ4v) is 1.47. The van der Waals surface area contributed by atoms with Crippen LogP contribution >= 0.6 is 0 Å². The quantitative estimate of drug-likeness (QED) is 0.696. The van der Waals surface area contributed by atoms with Gasteiger partial charge in [-0.1, -0.05) is 0 Å². The summed E-state index contributed by atoms with van der Waals surface area (Å²) in [5.74, 6) is -2.23. The molecule has 0 saturated carbocycles. The lowest BCUT2D eigenvalue weighted by Crippen LogP contribution is -2.04. The number of benzene rings is 1. The zero-order valence-electron chi connectivity index (χ0n) is 8.71. The Hall–Kier alpha value is -1.91. The van der Waals surface area contributed by atoms with Gasteiger partial charge in [0.2, 0.25) is 0 Å². The summed E-state index contributed by atoms with van der Waals surface area (Å²) in [6.07, 6.45) is 0. The van der Waals surface area contributed by atoms with Crippen molar-refractivity contribution < 1.29 is 13.6 Å². The molecule has 0 bridgehead atoms. The largest absolute Gasteiger partial charge is 0.293 e. The molecule has 0 N–H and O–H groups in total. The SMILES string of the molecule is CC(=O)c1nc2cc(F)c(F)cc2nc1C. The zero-order chi connectivity index (χ0) is 11.9. The first-order chi connectivity index (χ1) is 7.49. The van der Waals surface area contributed by atoms with Gasteiger partial charge >= 0.3 is 0 Å². The Morgan fingerprint density at radius 2 is 1.62 bits per heavy atom. The lowest BCUT2D eigenvalue weighted by molar-refractivity contribution is 0.101. The van der Waals surface area contributed by atoms with Crippen LogP contribution in [0.15, 0.2) is 12.1 Å². The predicted molar refractivity (Wildman–Crippen MR) is 54.2 cm³/mol. The minimum absolute atomic E-state index is 0.176. The molecule has 0 aliphatic carbocycles. The summed E-state index contributed by atoms with van der Waals surface area (Å²) in [5.41, 5.74) is 1.00. The molecule has 0 radical (unpaired) electrons. The van der Waals surface area contributed by atoms with Crippen molar-refractivity contribution in [1.82, 2.24) is 9.97 Å². The van der Waals surface area contributed by atoms with E-state index in [2.05, 4.69) is 9.97 Å². The summed E-state index contributed by atoms with van der Waals surface area (Å²) in [6, 6.07) is 1.90. The molecule has 0 saturated heterocycles. The highest BCUT2D eigenvalue weighted by molar-refractivity contribution is 5.94. The number of carbonyl (C=O) groups excluding carboxylic acids is 1. The minimum atomic E-state index is -1.000. The van der Waals surface area contributed by atoms with Gasteiger partial charge in [0.25, 0.3) is 0 Å². The maximum absolute atomic E-state index is 13.0. The summed E-state index contributed by atoms with van der Waals surface area (Å²) in [5, 5.41) is 0. The van der Waals surface area contributed by atoms with Gasteiger partial charge < -0.3 is 0 Å². The van der Waals surface area contributed by atoms with Crippen molar-refractivity contribution in [3.63, 3.8) is 0 Å². The number of aromatic nitrogens is 2. The van der Waals surface area contributed by atoms with E-state index in [-0.39, 0.29) is 22.5 Å². The third-order valence-electron chi connectivity index (χ3n) is 2.21. The van der Waals surface area contributed by atoms with Crippen LogP contribution in [0.2, 0.25) is 0 Å². The van der Waals surface area contributed by atoms with Crippen LogP contribution in [-0.2, 0) is 0 Å². The van der Waals surface area contributed by atoms with Gasteiger partial charge in [0.1, 0.15) is 5.69 Å². The summed E-state index contributed by atoms with van der Waals surface area (Å²) in [7, 11) is 0. The van der Waals surface area contributed by atoms with Gasteiger partial charge in [0.15, 0.2) is 17.4 Å². The molecule has 0 fully saturated rings. The Labute approximate surface area is 90.1 Å². The molecule has 0 aliphatic heterocycles. The van der Waals surface area contributed by atoms with Crippen molar-refractivity contribution in [2.75, 3.05) is 0 Å². The van der Waals surface area contributed by atoms with Crippen LogP contribution in [0.3, 0.4) is 0 Å². The molecular formula is C11H8F2N2O. The predicted octanol–water partition coefficient (Wildman–Crippen LogP) is 2.42. The second-order valence-electron chi connectivity index (χ2n) is 3.47. The maximum Gasteiger partial charge on any atom is 0.179 e. The first-order valence-electron chi connectivity index (χ1n) is 4.63. The third kappa shape index (κ3) is 1.64. The Kier molecular flexibility index (Phi) is 2.38. The molecule has 0 atom stereocenters. The van der Waals surface area contributed by atoms with E-state index in [1.165, 1.54) is 6.92 Å². The van der Waals surface area contributed by atoms with Crippen molar-refractivity contribution in [1.29, 1.82) is 0 Å². The van der Waals surface area contributed by atoms with Gasteiger partial charge in [0.05, 0.1) is 16.7 Å². The average molecular weight is 222 g/mol. The number of fused-ring (bicyclic) bond motifs is 1. The molecule has 16 heavy (non-hydrogen) atoms. The molecule has 0 aliphatic rings. The number of Topliss-reactive ketones (excluding diaryl/α,β-unsaturated/α-hetero) is 1. The van der Waals surface area contributed by atoms with Crippen molar-refractivity contribution >= 4 is 16.8 Å². The van der Waals surface area contributed by atoms with E-state index in [0.717, 1.165) is 12.1 Å². The van der Waals surface area contributed by atoms with Crippen molar-refractivity contribution in [3.05, 3.63) is 35.2 Å². The van der Waals surface area contributed by atoms with E-state index in [9.17, 15) is 13.6 Å². The molecule has 0 unspecified atom stereocenters. The summed E-state index contributed by atoms with van der Waals surface area (Å²) >= 11 is 0. The van der Waals surface area contributed by atoms with E-state index in [1.54, 1.807) is 6.92 Å². The van der Waals surface area contributed by atoms with E-state index in [1.807, 2.05) is 0 Å². The molecule has 1 aromatic carbocycles. The van der Waals surface area contributed by atoms with Crippen LogP contribution in [0.1, 0.15) is 23.1 Å². The Balaban J connectivity index is 2.79. The molecule has 1 aromatic heterocycles. The van der Waals surface area contributed by atoms with Gasteiger partial charge in [-0.2, -0.15) is 0 Å². The first kappa shape index (κ1) is 10.6. The molecule has 0 spiro atoms. The van der Waals surface area contributed by atoms with Crippen molar-refractivity contribution in [3.8, 4) is 0 Å². The van der Waals surface area contributed by atoms with Crippen LogP contribution in [0.4, 0.5) is 8.78 Å². The fraction of sp³-hybridized carbons (Fsp3) is 0.182. The number of hydrogen-bond donors (Lipinski definition) is 0. The van der Waals surface area contributed by atoms with Gasteiger partial charge in [-0.15, -0.1) is 0 Å². The van der Waals surface area contributed by atoms with Gasteiger partial charge in [0, 0.05) is 19.1 Å².